The first-order valence-corrected chi connectivity index (χ1v) is 7.05. The Bertz CT molecular complexity index is 518. The lowest BCUT2D eigenvalue weighted by Gasteiger charge is -2.30. The molecule has 6 nitrogen and oxygen atoms in total. The van der Waals surface area contributed by atoms with Gasteiger partial charge in [-0.15, -0.1) is 11.3 Å². The van der Waals surface area contributed by atoms with E-state index in [0.717, 1.165) is 18.7 Å². The number of rotatable bonds is 2. The van der Waals surface area contributed by atoms with Crippen LogP contribution in [-0.4, -0.2) is 34.0 Å². The molecule has 2 aromatic heterocycles. The van der Waals surface area contributed by atoms with Crippen LogP contribution in [0.4, 0.5) is 9.93 Å². The van der Waals surface area contributed by atoms with Gasteiger partial charge < -0.3 is 9.32 Å². The van der Waals surface area contributed by atoms with E-state index in [9.17, 15) is 4.79 Å². The Morgan fingerprint density at radius 1 is 1.37 bits per heavy atom. The molecule has 0 radical (unpaired) electrons. The van der Waals surface area contributed by atoms with Crippen molar-refractivity contribution in [3.63, 3.8) is 0 Å². The number of nitrogens with one attached hydrogen (secondary N) is 1. The van der Waals surface area contributed by atoms with Crippen LogP contribution in [0.25, 0.3) is 0 Å². The monoisotopic (exact) mass is 278 g/mol. The zero-order chi connectivity index (χ0) is 13.1. The Kier molecular flexibility index (Phi) is 3.45. The van der Waals surface area contributed by atoms with Crippen LogP contribution in [0.2, 0.25) is 0 Å². The molecule has 0 unspecified atom stereocenters. The van der Waals surface area contributed by atoms with E-state index in [4.69, 9.17) is 4.42 Å². The van der Waals surface area contributed by atoms with Gasteiger partial charge in [0.2, 0.25) is 0 Å². The molecule has 3 heterocycles. The molecule has 7 heteroatoms. The molecule has 2 aromatic rings. The number of carbonyl (C=O) groups excluding carboxylic acids is 1. The average Bonchev–Trinajstić information content (AvgIpc) is 3.12. The van der Waals surface area contributed by atoms with E-state index in [0.29, 0.717) is 24.1 Å². The first kappa shape index (κ1) is 12.2. The molecule has 0 saturated carbocycles. The normalized spacial score (nSPS) is 16.5. The molecular formula is C12H14N4O2S. The van der Waals surface area contributed by atoms with Gasteiger partial charge in [0.05, 0.1) is 6.20 Å². The summed E-state index contributed by atoms with van der Waals surface area (Å²) in [4.78, 5) is 22.0. The second-order valence-corrected chi connectivity index (χ2v) is 5.29. The minimum absolute atomic E-state index is 0.0826. The number of piperidine rings is 1. The van der Waals surface area contributed by atoms with Crippen LogP contribution in [-0.2, 0) is 0 Å². The number of amides is 2. The van der Waals surface area contributed by atoms with Crippen LogP contribution >= 0.6 is 11.3 Å². The number of carbonyl (C=O) groups is 1. The number of nitrogens with zero attached hydrogens (tertiary/aromatic N) is 3. The molecule has 100 valence electrons. The minimum atomic E-state index is -0.0826. The summed E-state index contributed by atoms with van der Waals surface area (Å²) in [6, 6.07) is -0.0826. The van der Waals surface area contributed by atoms with Crippen molar-refractivity contribution < 1.29 is 9.21 Å². The van der Waals surface area contributed by atoms with Gasteiger partial charge in [-0.3, -0.25) is 5.32 Å². The number of thiazole rings is 1. The summed E-state index contributed by atoms with van der Waals surface area (Å²) >= 11 is 1.42. The van der Waals surface area contributed by atoms with Gasteiger partial charge in [-0.25, -0.2) is 14.8 Å². The summed E-state index contributed by atoms with van der Waals surface area (Å²) < 4.78 is 5.32. The molecule has 0 atom stereocenters. The van der Waals surface area contributed by atoms with E-state index < -0.39 is 0 Å². The summed E-state index contributed by atoms with van der Waals surface area (Å²) in [5.41, 5.74) is 0. The van der Waals surface area contributed by atoms with Crippen molar-refractivity contribution in [2.75, 3.05) is 18.4 Å². The first-order valence-electron chi connectivity index (χ1n) is 6.18. The second-order valence-electron chi connectivity index (χ2n) is 4.40. The molecule has 1 fully saturated rings. The van der Waals surface area contributed by atoms with Crippen molar-refractivity contribution >= 4 is 22.5 Å². The van der Waals surface area contributed by atoms with Crippen molar-refractivity contribution in [2.45, 2.75) is 18.8 Å². The van der Waals surface area contributed by atoms with Crippen molar-refractivity contribution in [1.82, 2.24) is 14.9 Å². The van der Waals surface area contributed by atoms with Crippen molar-refractivity contribution in [3.05, 3.63) is 29.9 Å². The predicted molar refractivity (Wildman–Crippen MR) is 71.2 cm³/mol. The fourth-order valence-electron chi connectivity index (χ4n) is 2.22. The van der Waals surface area contributed by atoms with Crippen LogP contribution < -0.4 is 5.32 Å². The van der Waals surface area contributed by atoms with Crippen LogP contribution in [0, 0.1) is 0 Å². The van der Waals surface area contributed by atoms with Gasteiger partial charge in [0.1, 0.15) is 6.26 Å². The quantitative estimate of drug-likeness (QED) is 0.916. The number of anilines is 1. The van der Waals surface area contributed by atoms with Gasteiger partial charge >= 0.3 is 6.03 Å². The molecule has 0 spiro atoms. The highest BCUT2D eigenvalue weighted by molar-refractivity contribution is 7.13. The maximum Gasteiger partial charge on any atom is 0.323 e. The molecule has 1 saturated heterocycles. The van der Waals surface area contributed by atoms with Crippen LogP contribution in [0.5, 0.6) is 0 Å². The van der Waals surface area contributed by atoms with E-state index >= 15 is 0 Å². The maximum absolute atomic E-state index is 12.0. The molecule has 1 N–H and O–H groups in total. The van der Waals surface area contributed by atoms with Gasteiger partial charge in [-0.05, 0) is 12.8 Å². The second kappa shape index (κ2) is 5.40. The zero-order valence-corrected chi connectivity index (χ0v) is 11.1. The summed E-state index contributed by atoms with van der Waals surface area (Å²) in [5.74, 6) is 1.10. The third-order valence-electron chi connectivity index (χ3n) is 3.23. The Balaban J connectivity index is 1.54. The Labute approximate surface area is 114 Å². The summed E-state index contributed by atoms with van der Waals surface area (Å²) in [6.45, 7) is 1.43. The van der Waals surface area contributed by atoms with E-state index in [1.165, 1.54) is 11.3 Å². The highest BCUT2D eigenvalue weighted by atomic mass is 32.1. The predicted octanol–water partition coefficient (Wildman–Crippen LogP) is 2.54. The summed E-state index contributed by atoms with van der Waals surface area (Å²) in [7, 11) is 0. The van der Waals surface area contributed by atoms with E-state index in [1.54, 1.807) is 23.6 Å². The van der Waals surface area contributed by atoms with Crippen LogP contribution in [0.3, 0.4) is 0 Å². The SMILES string of the molecule is O=C(Nc1nccs1)N1CCC(c2ncco2)CC1. The zero-order valence-electron chi connectivity index (χ0n) is 10.3. The van der Waals surface area contributed by atoms with Gasteiger partial charge in [-0.1, -0.05) is 0 Å². The average molecular weight is 278 g/mol. The van der Waals surface area contributed by atoms with Gasteiger partial charge in [0.15, 0.2) is 11.0 Å². The highest BCUT2D eigenvalue weighted by Gasteiger charge is 2.26. The molecule has 0 bridgehead atoms. The summed E-state index contributed by atoms with van der Waals surface area (Å²) in [5, 5.41) is 5.27. The standard InChI is InChI=1S/C12H14N4O2S/c17-12(15-11-14-4-8-19-11)16-5-1-9(2-6-16)10-13-3-7-18-10/h3-4,7-9H,1-2,5-6H2,(H,14,15,17). The van der Waals surface area contributed by atoms with Crippen molar-refractivity contribution in [2.24, 2.45) is 0 Å². The van der Waals surface area contributed by atoms with Crippen molar-refractivity contribution in [1.29, 1.82) is 0 Å². The molecule has 3 rings (SSSR count). The van der Waals surface area contributed by atoms with Crippen molar-refractivity contribution in [3.8, 4) is 0 Å². The number of urea groups is 1. The maximum atomic E-state index is 12.0. The fraction of sp³-hybridized carbons (Fsp3) is 0.417. The molecule has 2 amide bonds. The molecule has 0 aromatic carbocycles. The molecule has 0 aliphatic carbocycles. The fourth-order valence-corrected chi connectivity index (χ4v) is 2.74. The lowest BCUT2D eigenvalue weighted by atomic mass is 9.97. The highest BCUT2D eigenvalue weighted by Crippen LogP contribution is 2.27. The lowest BCUT2D eigenvalue weighted by Crippen LogP contribution is -2.40. The molecular weight excluding hydrogens is 264 g/mol. The third kappa shape index (κ3) is 2.76. The number of hydrogen-bond donors (Lipinski definition) is 1. The first-order chi connectivity index (χ1) is 9.33. The largest absolute Gasteiger partial charge is 0.449 e. The van der Waals surface area contributed by atoms with Gasteiger partial charge in [0.25, 0.3) is 0 Å². The minimum Gasteiger partial charge on any atom is -0.449 e. The molecule has 1 aliphatic rings. The lowest BCUT2D eigenvalue weighted by molar-refractivity contribution is 0.190. The smallest absolute Gasteiger partial charge is 0.323 e. The number of likely N-dealkylation sites (tertiary alicyclic amines) is 1. The number of hydrogen-bond acceptors (Lipinski definition) is 5. The molecule has 19 heavy (non-hydrogen) atoms. The molecule has 1 aliphatic heterocycles. The third-order valence-corrected chi connectivity index (χ3v) is 3.92. The van der Waals surface area contributed by atoms with E-state index in [2.05, 4.69) is 15.3 Å². The Hall–Kier alpha value is -1.89. The van der Waals surface area contributed by atoms with Crippen LogP contribution in [0.15, 0.2) is 28.5 Å². The van der Waals surface area contributed by atoms with E-state index in [-0.39, 0.29) is 6.03 Å². The number of aromatic nitrogens is 2. The Morgan fingerprint density at radius 2 is 2.21 bits per heavy atom. The Morgan fingerprint density at radius 3 is 2.84 bits per heavy atom. The van der Waals surface area contributed by atoms with Gasteiger partial charge in [-0.2, -0.15) is 0 Å². The van der Waals surface area contributed by atoms with E-state index in [1.807, 2.05) is 5.38 Å². The number of oxazole rings is 1. The van der Waals surface area contributed by atoms with Crippen LogP contribution in [0.1, 0.15) is 24.7 Å². The topological polar surface area (TPSA) is 71.3 Å². The summed E-state index contributed by atoms with van der Waals surface area (Å²) in [6.07, 6.45) is 6.69. The van der Waals surface area contributed by atoms with Gasteiger partial charge in [0, 0.05) is 30.6 Å².